The smallest absolute Gasteiger partial charge is 0.159 e. The van der Waals surface area contributed by atoms with Crippen LogP contribution in [0.4, 0.5) is 0 Å². The Kier molecular flexibility index (Phi) is 4.42. The van der Waals surface area contributed by atoms with Crippen LogP contribution < -0.4 is 0 Å². The molecule has 0 aliphatic carbocycles. The monoisotopic (exact) mass is 441 g/mol. The second-order valence-electron chi connectivity index (χ2n) is 2.26. The highest BCUT2D eigenvalue weighted by molar-refractivity contribution is 14.2. The van der Waals surface area contributed by atoms with Crippen molar-refractivity contribution in [1.82, 2.24) is 0 Å². The molecule has 13 heavy (non-hydrogen) atoms. The van der Waals surface area contributed by atoms with Crippen LogP contribution in [-0.2, 0) is 11.8 Å². The summed E-state index contributed by atoms with van der Waals surface area (Å²) < 4.78 is 20.8. The van der Waals surface area contributed by atoms with Gasteiger partial charge < -0.3 is 4.55 Å². The van der Waals surface area contributed by atoms with Crippen molar-refractivity contribution in [2.75, 3.05) is 0 Å². The summed E-state index contributed by atoms with van der Waals surface area (Å²) in [6, 6.07) is 6.76. The van der Waals surface area contributed by atoms with E-state index in [4.69, 9.17) is 11.6 Å². The fraction of sp³-hybridized carbons (Fsp3) is 0.143. The molecule has 1 aromatic rings. The Labute approximate surface area is 111 Å². The van der Waals surface area contributed by atoms with E-state index in [1.807, 2.05) is 45.2 Å². The molecule has 0 bridgehead atoms. The zero-order valence-corrected chi connectivity index (χ0v) is 12.1. The van der Waals surface area contributed by atoms with Crippen LogP contribution in [0.2, 0.25) is 5.02 Å². The molecule has 1 unspecified atom stereocenters. The predicted molar refractivity (Wildman–Crippen MR) is 70.1 cm³/mol. The van der Waals surface area contributed by atoms with Gasteiger partial charge in [0.1, 0.15) is 0 Å². The topological polar surface area (TPSA) is 40.1 Å². The summed E-state index contributed by atoms with van der Waals surface area (Å²) in [7, 11) is 0. The van der Waals surface area contributed by atoms with Gasteiger partial charge in [-0.1, -0.05) is 23.7 Å². The minimum absolute atomic E-state index is 0.601. The van der Waals surface area contributed by atoms with Gasteiger partial charge in [0, 0.05) is 5.02 Å². The maximum Gasteiger partial charge on any atom is 0.159 e. The lowest BCUT2D eigenvalue weighted by molar-refractivity contribution is 0.535. The maximum absolute atomic E-state index is 10.9. The molecule has 6 heteroatoms. The first-order valence-corrected chi connectivity index (χ1v) is 6.79. The van der Waals surface area contributed by atoms with Crippen molar-refractivity contribution in [3.63, 3.8) is 0 Å². The lowest BCUT2D eigenvalue weighted by atomic mass is 10.2. The van der Waals surface area contributed by atoms with Crippen molar-refractivity contribution in [3.8, 4) is 0 Å². The summed E-state index contributed by atoms with van der Waals surface area (Å²) in [4.78, 5) is 0. The second-order valence-corrected chi connectivity index (χ2v) is 10.5. The molecule has 2 nitrogen and oxygen atoms in total. The van der Waals surface area contributed by atoms with Crippen LogP contribution in [0, 0.1) is 0 Å². The Balaban J connectivity index is 3.08. The van der Waals surface area contributed by atoms with Gasteiger partial charge in [0.25, 0.3) is 0 Å². The Hall–Kier alpha value is 1.08. The molecule has 72 valence electrons. The molecule has 0 amide bonds. The zero-order chi connectivity index (χ0) is 10.1. The Morgan fingerprint density at radius 2 is 1.77 bits per heavy atom. The average molecular weight is 441 g/mol. The molecule has 0 saturated carbocycles. The van der Waals surface area contributed by atoms with Crippen molar-refractivity contribution >= 4 is 67.9 Å². The summed E-state index contributed by atoms with van der Waals surface area (Å²) in [6.45, 7) is 0. The van der Waals surface area contributed by atoms with E-state index >= 15 is 0 Å². The molecule has 0 aliphatic heterocycles. The normalized spacial score (nSPS) is 14.2. The molecule has 0 heterocycles. The lowest BCUT2D eigenvalue weighted by Gasteiger charge is -2.23. The molecule has 0 radical (unpaired) electrons. The van der Waals surface area contributed by atoms with E-state index in [-0.39, 0.29) is 0 Å². The second kappa shape index (κ2) is 4.73. The number of benzene rings is 1. The van der Waals surface area contributed by atoms with Crippen LogP contribution in [0.25, 0.3) is 0 Å². The maximum atomic E-state index is 10.9. The van der Waals surface area contributed by atoms with Crippen LogP contribution >= 0.6 is 56.8 Å². The van der Waals surface area contributed by atoms with E-state index in [1.54, 1.807) is 24.3 Å². The van der Waals surface area contributed by atoms with Gasteiger partial charge in [0.05, 0.1) is 0 Å². The van der Waals surface area contributed by atoms with Crippen LogP contribution in [0.15, 0.2) is 24.3 Å². The van der Waals surface area contributed by atoms with Gasteiger partial charge in [-0.2, -0.15) is 0 Å². The number of halogens is 3. The van der Waals surface area contributed by atoms with Gasteiger partial charge in [-0.25, -0.2) is 0 Å². The summed E-state index contributed by atoms with van der Waals surface area (Å²) in [5.41, 5.74) is 0.714. The molecule has 0 spiro atoms. The molecule has 0 fully saturated rings. The number of hydrogen-bond acceptors (Lipinski definition) is 2. The van der Waals surface area contributed by atoms with Crippen molar-refractivity contribution in [2.45, 2.75) is 0.760 Å². The van der Waals surface area contributed by atoms with Crippen LogP contribution in [0.5, 0.6) is 0 Å². The van der Waals surface area contributed by atoms with Crippen LogP contribution in [0.3, 0.4) is 0 Å². The molecular formula is C7H4ClI2O2S-. The SMILES string of the molecule is O=S([O-])C(I)(I)c1ccc(Cl)cc1. The van der Waals surface area contributed by atoms with Crippen molar-refractivity contribution in [1.29, 1.82) is 0 Å². The third-order valence-electron chi connectivity index (χ3n) is 1.39. The first-order valence-electron chi connectivity index (χ1n) is 3.18. The molecule has 0 N–H and O–H groups in total. The quantitative estimate of drug-likeness (QED) is 0.402. The van der Waals surface area contributed by atoms with Crippen molar-refractivity contribution in [3.05, 3.63) is 34.9 Å². The summed E-state index contributed by atoms with van der Waals surface area (Å²) in [6.07, 6.45) is 0. The van der Waals surface area contributed by atoms with Gasteiger partial charge in [-0.3, -0.25) is 4.21 Å². The summed E-state index contributed by atoms with van der Waals surface area (Å²) >= 11 is 7.28. The average Bonchev–Trinajstić information content (AvgIpc) is 2.04. The third-order valence-corrected chi connectivity index (χ3v) is 5.70. The van der Waals surface area contributed by atoms with E-state index in [0.29, 0.717) is 10.6 Å². The molecule has 0 aliphatic rings. The van der Waals surface area contributed by atoms with Crippen molar-refractivity contribution < 1.29 is 8.76 Å². The van der Waals surface area contributed by atoms with Crippen LogP contribution in [0.1, 0.15) is 5.56 Å². The number of alkyl halides is 2. The summed E-state index contributed by atoms with van der Waals surface area (Å²) in [5, 5.41) is 0.601. The zero-order valence-electron chi connectivity index (χ0n) is 6.17. The molecule has 1 aromatic carbocycles. The van der Waals surface area contributed by atoms with E-state index in [0.717, 1.165) is 0 Å². The molecule has 0 aromatic heterocycles. The minimum Gasteiger partial charge on any atom is -0.770 e. The fourth-order valence-corrected chi connectivity index (χ4v) is 1.91. The van der Waals surface area contributed by atoms with E-state index in [2.05, 4.69) is 0 Å². The largest absolute Gasteiger partial charge is 0.770 e. The fourth-order valence-electron chi connectivity index (χ4n) is 0.740. The molecular weight excluding hydrogens is 437 g/mol. The van der Waals surface area contributed by atoms with Gasteiger partial charge in [0.15, 0.2) is 0.760 Å². The molecule has 0 saturated heterocycles. The van der Waals surface area contributed by atoms with E-state index in [9.17, 15) is 8.76 Å². The van der Waals surface area contributed by atoms with E-state index in [1.165, 1.54) is 0 Å². The first kappa shape index (κ1) is 12.2. The van der Waals surface area contributed by atoms with Gasteiger partial charge in [-0.15, -0.1) is 0 Å². The Bertz CT molecular complexity index is 326. The Morgan fingerprint density at radius 1 is 1.31 bits per heavy atom. The van der Waals surface area contributed by atoms with Gasteiger partial charge >= 0.3 is 0 Å². The predicted octanol–water partition coefficient (Wildman–Crippen LogP) is 3.20. The Morgan fingerprint density at radius 3 is 2.15 bits per heavy atom. The number of hydrogen-bond donors (Lipinski definition) is 0. The summed E-state index contributed by atoms with van der Waals surface area (Å²) in [5.74, 6) is 0. The van der Waals surface area contributed by atoms with E-state index < -0.39 is 11.8 Å². The minimum atomic E-state index is -2.15. The first-order chi connectivity index (χ1) is 5.94. The van der Waals surface area contributed by atoms with Crippen molar-refractivity contribution in [2.24, 2.45) is 0 Å². The standard InChI is InChI=1S/C7H5ClI2O2S/c8-6-3-1-5(2-4-6)7(9,10)13(11)12/h1-4H,(H,11,12)/p-1. The van der Waals surface area contributed by atoms with Gasteiger partial charge in [-0.05, 0) is 74.0 Å². The van der Waals surface area contributed by atoms with Crippen LogP contribution in [-0.4, -0.2) is 8.76 Å². The highest BCUT2D eigenvalue weighted by Crippen LogP contribution is 2.41. The number of rotatable bonds is 2. The lowest BCUT2D eigenvalue weighted by Crippen LogP contribution is -2.15. The highest BCUT2D eigenvalue weighted by Gasteiger charge is 2.25. The molecule has 1 rings (SSSR count). The molecule has 1 atom stereocenters. The highest BCUT2D eigenvalue weighted by atomic mass is 127. The van der Waals surface area contributed by atoms with Gasteiger partial charge in [0.2, 0.25) is 0 Å². The third kappa shape index (κ3) is 3.01.